The van der Waals surface area contributed by atoms with E-state index in [2.05, 4.69) is 62.4 Å². The van der Waals surface area contributed by atoms with Gasteiger partial charge in [0.2, 0.25) is 0 Å². The Labute approximate surface area is 122 Å². The van der Waals surface area contributed by atoms with E-state index in [-0.39, 0.29) is 30.9 Å². The van der Waals surface area contributed by atoms with E-state index in [1.807, 2.05) is 12.1 Å². The molecule has 0 fully saturated rings. The molecule has 0 N–H and O–H groups in total. The molecular formula is C16H18LiN. The molecular weight excluding hydrogens is 213 g/mol. The predicted octanol–water partition coefficient (Wildman–Crippen LogP) is 1.89. The predicted molar refractivity (Wildman–Crippen MR) is 73.1 cm³/mol. The summed E-state index contributed by atoms with van der Waals surface area (Å²) >= 11 is 0. The molecule has 0 saturated heterocycles. The minimum absolute atomic E-state index is 0. The number of hydrogen-bond donors (Lipinski definition) is 0. The van der Waals surface area contributed by atoms with Crippen LogP contribution in [0.3, 0.4) is 0 Å². The van der Waals surface area contributed by atoms with Crippen LogP contribution in [0.2, 0.25) is 0 Å². The molecule has 0 bridgehead atoms. The molecule has 2 rings (SSSR count). The summed E-state index contributed by atoms with van der Waals surface area (Å²) in [6, 6.07) is 21.3. The maximum absolute atomic E-state index is 4.82. The van der Waals surface area contributed by atoms with Gasteiger partial charge in [0, 0.05) is 0 Å². The summed E-state index contributed by atoms with van der Waals surface area (Å²) in [4.78, 5) is 0. The second-order valence-electron chi connectivity index (χ2n) is 4.32. The number of hydrogen-bond acceptors (Lipinski definition) is 0. The van der Waals surface area contributed by atoms with Crippen LogP contribution in [0, 0.1) is 0 Å². The van der Waals surface area contributed by atoms with Gasteiger partial charge < -0.3 is 5.32 Å². The number of rotatable bonds is 4. The molecule has 0 aromatic heterocycles. The summed E-state index contributed by atoms with van der Waals surface area (Å²) < 4.78 is 0. The van der Waals surface area contributed by atoms with Crippen molar-refractivity contribution < 1.29 is 18.9 Å². The van der Waals surface area contributed by atoms with Crippen molar-refractivity contribution in [2.75, 3.05) is 0 Å². The van der Waals surface area contributed by atoms with E-state index in [4.69, 9.17) is 5.32 Å². The number of benzene rings is 2. The fourth-order valence-corrected chi connectivity index (χ4v) is 1.97. The Morgan fingerprint density at radius 3 is 1.33 bits per heavy atom. The molecule has 0 heterocycles. The maximum atomic E-state index is 4.82. The first-order valence-corrected chi connectivity index (χ1v) is 6.07. The van der Waals surface area contributed by atoms with Crippen molar-refractivity contribution in [2.24, 2.45) is 0 Å². The molecule has 2 aromatic rings. The maximum Gasteiger partial charge on any atom is 1.00 e. The molecule has 0 aliphatic carbocycles. The Kier molecular flexibility index (Phi) is 6.22. The van der Waals surface area contributed by atoms with E-state index >= 15 is 0 Å². The van der Waals surface area contributed by atoms with Crippen molar-refractivity contribution >= 4 is 0 Å². The van der Waals surface area contributed by atoms with Gasteiger partial charge in [-0.15, -0.1) is 12.1 Å². The Morgan fingerprint density at radius 2 is 1.00 bits per heavy atom. The third-order valence-electron chi connectivity index (χ3n) is 3.01. The van der Waals surface area contributed by atoms with Crippen molar-refractivity contribution in [3.05, 3.63) is 77.1 Å². The van der Waals surface area contributed by atoms with Gasteiger partial charge in [-0.05, 0) is 0 Å². The quantitative estimate of drug-likeness (QED) is 0.713. The van der Waals surface area contributed by atoms with Gasteiger partial charge in [-0.2, -0.15) is 0 Å². The monoisotopic (exact) mass is 231 g/mol. The van der Waals surface area contributed by atoms with Crippen LogP contribution in [-0.2, 0) is 0 Å². The molecule has 0 amide bonds. The summed E-state index contributed by atoms with van der Waals surface area (Å²) in [7, 11) is 0. The smallest absolute Gasteiger partial charge is 0.650 e. The van der Waals surface area contributed by atoms with Crippen LogP contribution in [-0.4, -0.2) is 0 Å². The first kappa shape index (κ1) is 15.1. The number of nitrogens with zero attached hydrogens (tertiary/aromatic N) is 1. The molecule has 0 aliphatic heterocycles. The molecule has 88 valence electrons. The van der Waals surface area contributed by atoms with E-state index in [9.17, 15) is 0 Å². The molecule has 1 nitrogen and oxygen atoms in total. The van der Waals surface area contributed by atoms with Gasteiger partial charge in [0.25, 0.3) is 0 Å². The standard InChI is InChI=1S/C16H18N.Li/c1-13(15-9-5-3-6-10-15)17-14(2)16-11-7-4-8-12-16;/h3-14H,1-2H3;/q-1;+1/t13-,14?;/m0./s1. The molecule has 1 unspecified atom stereocenters. The molecule has 2 heteroatoms. The summed E-state index contributed by atoms with van der Waals surface area (Å²) in [5.41, 5.74) is 2.55. The van der Waals surface area contributed by atoms with Gasteiger partial charge >= 0.3 is 18.9 Å². The molecule has 18 heavy (non-hydrogen) atoms. The first-order chi connectivity index (χ1) is 8.27. The zero-order valence-electron chi connectivity index (χ0n) is 11.4. The van der Waals surface area contributed by atoms with Gasteiger partial charge in [0.1, 0.15) is 0 Å². The van der Waals surface area contributed by atoms with Crippen molar-refractivity contribution in [1.29, 1.82) is 0 Å². The molecule has 2 atom stereocenters. The molecule has 0 radical (unpaired) electrons. The first-order valence-electron chi connectivity index (χ1n) is 6.07. The van der Waals surface area contributed by atoms with E-state index < -0.39 is 0 Å². The van der Waals surface area contributed by atoms with Crippen LogP contribution < -0.4 is 18.9 Å². The fraction of sp³-hybridized carbons (Fsp3) is 0.250. The Hall–Kier alpha value is -1.00. The summed E-state index contributed by atoms with van der Waals surface area (Å²) in [6.45, 7) is 4.30. The van der Waals surface area contributed by atoms with Crippen LogP contribution in [0.1, 0.15) is 37.1 Å². The van der Waals surface area contributed by atoms with E-state index in [0.29, 0.717) is 0 Å². The van der Waals surface area contributed by atoms with Gasteiger partial charge in [-0.3, -0.25) is 0 Å². The minimum atomic E-state index is 0. The largest absolute Gasteiger partial charge is 1.00 e. The zero-order chi connectivity index (χ0) is 12.1. The average Bonchev–Trinajstić information content (AvgIpc) is 2.40. The molecule has 0 aliphatic rings. The second kappa shape index (κ2) is 7.44. The van der Waals surface area contributed by atoms with Gasteiger partial charge in [-0.1, -0.05) is 85.6 Å². The van der Waals surface area contributed by atoms with Crippen molar-refractivity contribution in [3.63, 3.8) is 0 Å². The van der Waals surface area contributed by atoms with Crippen LogP contribution in [0.4, 0.5) is 0 Å². The van der Waals surface area contributed by atoms with E-state index in [1.165, 1.54) is 11.1 Å². The van der Waals surface area contributed by atoms with Gasteiger partial charge in [0.05, 0.1) is 0 Å². The third kappa shape index (κ3) is 4.03. The SMILES string of the molecule is CC([N-][C@@H](C)c1ccccc1)c1ccccc1.[Li+]. The molecule has 0 saturated carbocycles. The summed E-state index contributed by atoms with van der Waals surface area (Å²) in [5, 5.41) is 4.82. The summed E-state index contributed by atoms with van der Waals surface area (Å²) in [5.74, 6) is 0. The minimum Gasteiger partial charge on any atom is -0.650 e. The second-order valence-corrected chi connectivity index (χ2v) is 4.32. The van der Waals surface area contributed by atoms with Crippen LogP contribution >= 0.6 is 0 Å². The Balaban J connectivity index is 0.00000162. The van der Waals surface area contributed by atoms with Crippen molar-refractivity contribution in [1.82, 2.24) is 0 Å². The summed E-state index contributed by atoms with van der Waals surface area (Å²) in [6.07, 6.45) is 0. The van der Waals surface area contributed by atoms with Gasteiger partial charge in [-0.25, -0.2) is 0 Å². The van der Waals surface area contributed by atoms with Crippen molar-refractivity contribution in [3.8, 4) is 0 Å². The average molecular weight is 231 g/mol. The van der Waals surface area contributed by atoms with Crippen molar-refractivity contribution in [2.45, 2.75) is 25.9 Å². The fourth-order valence-electron chi connectivity index (χ4n) is 1.97. The van der Waals surface area contributed by atoms with Crippen LogP contribution in [0.25, 0.3) is 5.32 Å². The third-order valence-corrected chi connectivity index (χ3v) is 3.01. The molecule has 2 aromatic carbocycles. The van der Waals surface area contributed by atoms with Crippen LogP contribution in [0.15, 0.2) is 60.7 Å². The Morgan fingerprint density at radius 1 is 0.667 bits per heavy atom. The normalized spacial score (nSPS) is 13.4. The van der Waals surface area contributed by atoms with Crippen LogP contribution in [0.5, 0.6) is 0 Å². The zero-order valence-corrected chi connectivity index (χ0v) is 11.4. The molecule has 0 spiro atoms. The topological polar surface area (TPSA) is 14.1 Å². The van der Waals surface area contributed by atoms with E-state index in [0.717, 1.165) is 0 Å². The van der Waals surface area contributed by atoms with Gasteiger partial charge in [0.15, 0.2) is 0 Å². The Bertz CT molecular complexity index is 398. The van der Waals surface area contributed by atoms with E-state index in [1.54, 1.807) is 0 Å².